The van der Waals surface area contributed by atoms with E-state index in [1.165, 1.54) is 6.08 Å². The summed E-state index contributed by atoms with van der Waals surface area (Å²) in [6.45, 7) is 7.48. The van der Waals surface area contributed by atoms with Gasteiger partial charge >= 0.3 is 5.97 Å². The number of aliphatic hydroxyl groups is 3. The third kappa shape index (κ3) is 9.46. The minimum atomic E-state index is -0.998. The molecular formula is C22H36O6. The molecular weight excluding hydrogens is 360 g/mol. The van der Waals surface area contributed by atoms with E-state index in [1.54, 1.807) is 39.2 Å². The van der Waals surface area contributed by atoms with Crippen molar-refractivity contribution in [2.45, 2.75) is 52.4 Å². The molecule has 6 nitrogen and oxygen atoms in total. The highest BCUT2D eigenvalue weighted by atomic mass is 16.5. The highest BCUT2D eigenvalue weighted by Gasteiger charge is 2.34. The number of rotatable bonds is 13. The maximum absolute atomic E-state index is 10.8. The molecule has 0 saturated carbocycles. The lowest BCUT2D eigenvalue weighted by molar-refractivity contribution is -0.131. The molecule has 6 heteroatoms. The van der Waals surface area contributed by atoms with Gasteiger partial charge in [0.25, 0.3) is 0 Å². The number of aliphatic carboxylic acids is 1. The Labute approximate surface area is 168 Å². The lowest BCUT2D eigenvalue weighted by Gasteiger charge is -2.35. The molecule has 0 rings (SSSR count). The number of ether oxygens (including phenoxy) is 1. The monoisotopic (exact) mass is 396 g/mol. The molecule has 0 aliphatic rings. The molecule has 0 aromatic heterocycles. The van der Waals surface area contributed by atoms with Crippen molar-refractivity contribution in [2.24, 2.45) is 17.8 Å². The largest absolute Gasteiger partial charge is 0.478 e. The Bertz CT molecular complexity index is 563. The normalized spacial score (nSPS) is 19.8. The number of aliphatic hydroxyl groups excluding tert-OH is 3. The van der Waals surface area contributed by atoms with Gasteiger partial charge in [0.05, 0.1) is 18.3 Å². The van der Waals surface area contributed by atoms with E-state index in [9.17, 15) is 15.0 Å². The van der Waals surface area contributed by atoms with Crippen LogP contribution in [0.2, 0.25) is 0 Å². The van der Waals surface area contributed by atoms with Crippen LogP contribution in [0.25, 0.3) is 0 Å². The summed E-state index contributed by atoms with van der Waals surface area (Å²) in [7, 11) is 1.59. The smallest absolute Gasteiger partial charge is 0.328 e. The summed E-state index contributed by atoms with van der Waals surface area (Å²) in [6.07, 6.45) is 9.99. The van der Waals surface area contributed by atoms with Crippen molar-refractivity contribution in [3.8, 4) is 0 Å². The zero-order chi connectivity index (χ0) is 21.7. The van der Waals surface area contributed by atoms with E-state index in [1.807, 2.05) is 26.0 Å². The highest BCUT2D eigenvalue weighted by molar-refractivity contribution is 5.80. The fourth-order valence-corrected chi connectivity index (χ4v) is 3.21. The van der Waals surface area contributed by atoms with Gasteiger partial charge in [-0.15, -0.1) is 0 Å². The van der Waals surface area contributed by atoms with Crippen molar-refractivity contribution in [1.82, 2.24) is 0 Å². The topological polar surface area (TPSA) is 107 Å². The van der Waals surface area contributed by atoms with Crippen LogP contribution in [-0.2, 0) is 9.53 Å². The molecule has 0 radical (unpaired) electrons. The predicted molar refractivity (Wildman–Crippen MR) is 111 cm³/mol. The molecule has 0 amide bonds. The first-order valence-electron chi connectivity index (χ1n) is 9.58. The molecule has 6 atom stereocenters. The molecule has 160 valence electrons. The summed E-state index contributed by atoms with van der Waals surface area (Å²) >= 11 is 0. The first kappa shape index (κ1) is 26.3. The lowest BCUT2D eigenvalue weighted by Crippen LogP contribution is -2.42. The predicted octanol–water partition coefficient (Wildman–Crippen LogP) is 2.71. The average molecular weight is 397 g/mol. The number of hydrogen-bond donors (Lipinski definition) is 4. The molecule has 0 unspecified atom stereocenters. The van der Waals surface area contributed by atoms with Gasteiger partial charge in [-0.3, -0.25) is 0 Å². The van der Waals surface area contributed by atoms with Crippen molar-refractivity contribution in [3.05, 3.63) is 48.1 Å². The molecule has 0 spiro atoms. The van der Waals surface area contributed by atoms with Crippen LogP contribution in [0.1, 0.15) is 34.1 Å². The number of carboxylic acid groups (broad SMARTS) is 1. The Morgan fingerprint density at radius 1 is 1.04 bits per heavy atom. The fraction of sp³-hybridized carbons (Fsp3) is 0.591. The van der Waals surface area contributed by atoms with Crippen LogP contribution >= 0.6 is 0 Å². The van der Waals surface area contributed by atoms with Gasteiger partial charge in [0.2, 0.25) is 0 Å². The molecule has 28 heavy (non-hydrogen) atoms. The Morgan fingerprint density at radius 3 is 2.18 bits per heavy atom. The molecule has 0 aromatic carbocycles. The summed E-state index contributed by atoms with van der Waals surface area (Å²) in [4.78, 5) is 10.4. The van der Waals surface area contributed by atoms with Crippen molar-refractivity contribution in [3.63, 3.8) is 0 Å². The minimum absolute atomic E-state index is 0.00174. The second kappa shape index (κ2) is 14.3. The Kier molecular flexibility index (Phi) is 13.4. The molecule has 0 aromatic rings. The second-order valence-corrected chi connectivity index (χ2v) is 7.14. The van der Waals surface area contributed by atoms with Gasteiger partial charge in [-0.25, -0.2) is 4.79 Å². The molecule has 0 fully saturated rings. The van der Waals surface area contributed by atoms with Crippen LogP contribution < -0.4 is 0 Å². The summed E-state index contributed by atoms with van der Waals surface area (Å²) < 4.78 is 5.60. The number of methoxy groups -OCH3 is 1. The van der Waals surface area contributed by atoms with Crippen molar-refractivity contribution >= 4 is 5.97 Å². The van der Waals surface area contributed by atoms with Crippen LogP contribution in [0.15, 0.2) is 48.1 Å². The summed E-state index contributed by atoms with van der Waals surface area (Å²) in [5.74, 6) is -1.62. The van der Waals surface area contributed by atoms with E-state index in [4.69, 9.17) is 14.9 Å². The fourth-order valence-electron chi connectivity index (χ4n) is 3.21. The lowest BCUT2D eigenvalue weighted by atomic mass is 9.80. The molecule has 0 saturated heterocycles. The van der Waals surface area contributed by atoms with E-state index < -0.39 is 18.2 Å². The Balaban J connectivity index is 4.98. The zero-order valence-electron chi connectivity index (χ0n) is 17.5. The molecule has 4 N–H and O–H groups in total. The van der Waals surface area contributed by atoms with Crippen LogP contribution in [0.5, 0.6) is 0 Å². The van der Waals surface area contributed by atoms with E-state index in [0.29, 0.717) is 6.42 Å². The van der Waals surface area contributed by atoms with Crippen molar-refractivity contribution in [1.29, 1.82) is 0 Å². The summed E-state index contributed by atoms with van der Waals surface area (Å²) in [5.41, 5.74) is 0.731. The molecule has 0 aliphatic carbocycles. The second-order valence-electron chi connectivity index (χ2n) is 7.14. The van der Waals surface area contributed by atoms with Crippen molar-refractivity contribution in [2.75, 3.05) is 13.7 Å². The van der Waals surface area contributed by atoms with Crippen LogP contribution in [0.4, 0.5) is 0 Å². The average Bonchev–Trinajstić information content (AvgIpc) is 2.66. The van der Waals surface area contributed by atoms with Crippen LogP contribution in [0, 0.1) is 17.8 Å². The Morgan fingerprint density at radius 2 is 1.64 bits per heavy atom. The first-order chi connectivity index (χ1) is 13.2. The number of hydrogen-bond acceptors (Lipinski definition) is 5. The Hall–Kier alpha value is -1.73. The third-order valence-electron chi connectivity index (χ3n) is 4.93. The third-order valence-corrected chi connectivity index (χ3v) is 4.93. The van der Waals surface area contributed by atoms with Gasteiger partial charge in [-0.1, -0.05) is 57.2 Å². The summed E-state index contributed by atoms with van der Waals surface area (Å²) in [5, 5.41) is 38.7. The van der Waals surface area contributed by atoms with Gasteiger partial charge in [0, 0.05) is 37.5 Å². The molecule has 0 heterocycles. The number of carboxylic acids is 1. The number of carbonyl (C=O) groups is 1. The van der Waals surface area contributed by atoms with Gasteiger partial charge in [-0.05, 0) is 18.9 Å². The quantitative estimate of drug-likeness (QED) is 0.217. The van der Waals surface area contributed by atoms with Crippen LogP contribution in [-0.4, -0.2) is 58.4 Å². The van der Waals surface area contributed by atoms with Crippen LogP contribution in [0.3, 0.4) is 0 Å². The number of allylic oxidation sites excluding steroid dienone is 4. The minimum Gasteiger partial charge on any atom is -0.478 e. The zero-order valence-corrected chi connectivity index (χ0v) is 17.5. The van der Waals surface area contributed by atoms with Gasteiger partial charge < -0.3 is 25.2 Å². The van der Waals surface area contributed by atoms with E-state index >= 15 is 0 Å². The molecule has 0 aliphatic heterocycles. The van der Waals surface area contributed by atoms with E-state index in [0.717, 1.165) is 11.6 Å². The maximum Gasteiger partial charge on any atom is 0.328 e. The van der Waals surface area contributed by atoms with Gasteiger partial charge in [0.1, 0.15) is 0 Å². The molecule has 0 bridgehead atoms. The van der Waals surface area contributed by atoms with Gasteiger partial charge in [-0.2, -0.15) is 0 Å². The SMILES string of the molecule is CO[C@@H]([C@@H](C)[C@H](O)[C@@H](C)[C@H](O)/C(C)=C/CCO)[C@H](C)/C=C/C=C/C=C/C(=O)O. The van der Waals surface area contributed by atoms with E-state index in [2.05, 4.69) is 0 Å². The van der Waals surface area contributed by atoms with E-state index in [-0.39, 0.29) is 30.5 Å². The summed E-state index contributed by atoms with van der Waals surface area (Å²) in [6, 6.07) is 0. The van der Waals surface area contributed by atoms with Gasteiger partial charge in [0.15, 0.2) is 0 Å². The standard InChI is InChI=1S/C22H36O6/c1-15(12-10-14-23)20(26)17(3)21(27)18(4)22(28-5)16(2)11-8-6-7-9-13-19(24)25/h6-9,11-13,16-18,20-23,26-27H,10,14H2,1-5H3,(H,24,25)/b7-6+,11-8+,13-9+,15-12+/t16-,17+,18+,20-,21-,22-/m1/s1. The van der Waals surface area contributed by atoms with Crippen molar-refractivity contribution < 1.29 is 30.0 Å². The first-order valence-corrected chi connectivity index (χ1v) is 9.58. The maximum atomic E-state index is 10.8. The highest BCUT2D eigenvalue weighted by Crippen LogP contribution is 2.27.